The molecule has 4 heteroatoms. The van der Waals surface area contributed by atoms with Crippen LogP contribution in [-0.2, 0) is 9.84 Å². The van der Waals surface area contributed by atoms with Crippen LogP contribution in [0.4, 0.5) is 0 Å². The molecule has 0 atom stereocenters. The van der Waals surface area contributed by atoms with Crippen molar-refractivity contribution >= 4 is 26.2 Å². The normalized spacial score (nSPS) is 17.1. The minimum absolute atomic E-state index is 0.0946. The molecule has 3 nitrogen and oxygen atoms in total. The van der Waals surface area contributed by atoms with Crippen molar-refractivity contribution in [2.45, 2.75) is 0 Å². The molecule has 0 N–H and O–H groups in total. The highest BCUT2D eigenvalue weighted by Crippen LogP contribution is 2.38. The molecule has 0 saturated carbocycles. The molecule has 0 amide bonds. The summed E-state index contributed by atoms with van der Waals surface area (Å²) in [6.45, 7) is 0. The maximum absolute atomic E-state index is 11.3. The predicted octanol–water partition coefficient (Wildman–Crippen LogP) is 2.62. The fraction of sp³-hybridized carbons (Fsp3) is 0.143. The zero-order valence-electron chi connectivity index (χ0n) is 9.88. The molecule has 0 aliphatic carbocycles. The quantitative estimate of drug-likeness (QED) is 0.833. The van der Waals surface area contributed by atoms with Crippen molar-refractivity contribution in [3.05, 3.63) is 47.4 Å². The first-order valence-electron chi connectivity index (χ1n) is 5.60. The molecule has 2 aromatic carbocycles. The van der Waals surface area contributed by atoms with Gasteiger partial charge in [-0.3, -0.25) is 0 Å². The highest BCUT2D eigenvalue weighted by molar-refractivity contribution is 7.96. The van der Waals surface area contributed by atoms with Crippen LogP contribution in [0.25, 0.3) is 16.3 Å². The molecule has 3 rings (SSSR count). The molecule has 0 fully saturated rings. The summed E-state index contributed by atoms with van der Waals surface area (Å²) in [5.74, 6) is 0.812. The lowest BCUT2D eigenvalue weighted by atomic mass is 9.98. The largest absolute Gasteiger partial charge is 0.496 e. The van der Waals surface area contributed by atoms with Gasteiger partial charge in [-0.05, 0) is 22.4 Å². The Bertz CT molecular complexity index is 758. The molecule has 0 radical (unpaired) electrons. The highest BCUT2D eigenvalue weighted by Gasteiger charge is 2.27. The van der Waals surface area contributed by atoms with Crippen LogP contribution in [0, 0.1) is 0 Å². The van der Waals surface area contributed by atoms with E-state index in [4.69, 9.17) is 4.74 Å². The lowest BCUT2D eigenvalue weighted by Crippen LogP contribution is -2.16. The molecule has 2 aromatic rings. The van der Waals surface area contributed by atoms with Gasteiger partial charge >= 0.3 is 0 Å². The molecule has 0 spiro atoms. The van der Waals surface area contributed by atoms with E-state index >= 15 is 0 Å². The van der Waals surface area contributed by atoms with E-state index in [1.54, 1.807) is 7.11 Å². The summed E-state index contributed by atoms with van der Waals surface area (Å²) in [4.78, 5) is 0. The van der Waals surface area contributed by atoms with E-state index < -0.39 is 9.84 Å². The first-order valence-corrected chi connectivity index (χ1v) is 7.32. The van der Waals surface area contributed by atoms with Gasteiger partial charge in [0.2, 0.25) is 0 Å². The SMILES string of the molecule is COc1ccc2ccccc2c1C1=CS(=O)(=O)C1. The first kappa shape index (κ1) is 11.3. The second kappa shape index (κ2) is 3.85. The van der Waals surface area contributed by atoms with Crippen molar-refractivity contribution in [3.63, 3.8) is 0 Å². The monoisotopic (exact) mass is 260 g/mol. The lowest BCUT2D eigenvalue weighted by Gasteiger charge is -2.19. The fourth-order valence-corrected chi connectivity index (χ4v) is 3.38. The number of hydrogen-bond acceptors (Lipinski definition) is 3. The van der Waals surface area contributed by atoms with E-state index in [1.807, 2.05) is 36.4 Å². The van der Waals surface area contributed by atoms with Crippen LogP contribution in [0.5, 0.6) is 5.75 Å². The van der Waals surface area contributed by atoms with Crippen LogP contribution >= 0.6 is 0 Å². The standard InChI is InChI=1S/C14H12O3S/c1-17-13-7-6-10-4-2-3-5-12(10)14(13)11-8-18(15,16)9-11/h2-8H,9H2,1H3. The van der Waals surface area contributed by atoms with E-state index in [0.29, 0.717) is 0 Å². The maximum Gasteiger partial charge on any atom is 0.176 e. The Morgan fingerprint density at radius 2 is 1.83 bits per heavy atom. The van der Waals surface area contributed by atoms with Crippen molar-refractivity contribution in [2.24, 2.45) is 0 Å². The van der Waals surface area contributed by atoms with Crippen molar-refractivity contribution in [2.75, 3.05) is 12.9 Å². The van der Waals surface area contributed by atoms with Gasteiger partial charge in [0, 0.05) is 11.0 Å². The van der Waals surface area contributed by atoms with E-state index in [0.717, 1.165) is 27.7 Å². The maximum atomic E-state index is 11.3. The van der Waals surface area contributed by atoms with Gasteiger partial charge in [-0.2, -0.15) is 0 Å². The average Bonchev–Trinajstić information content (AvgIpc) is 2.34. The van der Waals surface area contributed by atoms with Gasteiger partial charge in [-0.1, -0.05) is 30.3 Å². The molecule has 92 valence electrons. The zero-order chi connectivity index (χ0) is 12.8. The van der Waals surface area contributed by atoms with Gasteiger partial charge in [-0.15, -0.1) is 0 Å². The van der Waals surface area contributed by atoms with Crippen LogP contribution in [-0.4, -0.2) is 21.3 Å². The molecule has 1 aliphatic rings. The Labute approximate surface area is 106 Å². The Balaban J connectivity index is 2.32. The molecular weight excluding hydrogens is 248 g/mol. The summed E-state index contributed by atoms with van der Waals surface area (Å²) in [6, 6.07) is 11.8. The Kier molecular flexibility index (Phi) is 2.41. The summed E-state index contributed by atoms with van der Waals surface area (Å²) in [5, 5.41) is 3.44. The summed E-state index contributed by atoms with van der Waals surface area (Å²) in [5.41, 5.74) is 1.72. The number of methoxy groups -OCH3 is 1. The third-order valence-electron chi connectivity index (χ3n) is 3.11. The lowest BCUT2D eigenvalue weighted by molar-refractivity contribution is 0.414. The van der Waals surface area contributed by atoms with Crippen LogP contribution < -0.4 is 4.74 Å². The average molecular weight is 260 g/mol. The number of rotatable bonds is 2. The highest BCUT2D eigenvalue weighted by atomic mass is 32.2. The molecule has 18 heavy (non-hydrogen) atoms. The summed E-state index contributed by atoms with van der Waals surface area (Å²) in [6.07, 6.45) is 0. The van der Waals surface area contributed by atoms with Crippen LogP contribution in [0.3, 0.4) is 0 Å². The molecule has 0 unspecified atom stereocenters. The molecule has 0 aromatic heterocycles. The van der Waals surface area contributed by atoms with Crippen molar-refractivity contribution < 1.29 is 13.2 Å². The molecular formula is C14H12O3S. The second-order valence-corrected chi connectivity index (χ2v) is 6.16. The summed E-state index contributed by atoms with van der Waals surface area (Å²) >= 11 is 0. The topological polar surface area (TPSA) is 43.4 Å². The smallest absolute Gasteiger partial charge is 0.176 e. The number of sulfone groups is 1. The zero-order valence-corrected chi connectivity index (χ0v) is 10.7. The van der Waals surface area contributed by atoms with Gasteiger partial charge < -0.3 is 4.74 Å². The molecule has 0 saturated heterocycles. The molecule has 0 bridgehead atoms. The van der Waals surface area contributed by atoms with Crippen LogP contribution in [0.2, 0.25) is 0 Å². The Hall–Kier alpha value is -1.81. The predicted molar refractivity (Wildman–Crippen MR) is 72.3 cm³/mol. The van der Waals surface area contributed by atoms with E-state index in [-0.39, 0.29) is 5.75 Å². The number of benzene rings is 2. The number of fused-ring (bicyclic) bond motifs is 1. The third-order valence-corrected chi connectivity index (χ3v) is 4.47. The Morgan fingerprint density at radius 1 is 1.11 bits per heavy atom. The van der Waals surface area contributed by atoms with E-state index in [9.17, 15) is 8.42 Å². The minimum Gasteiger partial charge on any atom is -0.496 e. The summed E-state index contributed by atoms with van der Waals surface area (Å²) in [7, 11) is -1.39. The molecule has 1 aliphatic heterocycles. The minimum atomic E-state index is -2.99. The summed E-state index contributed by atoms with van der Waals surface area (Å²) < 4.78 is 27.9. The van der Waals surface area contributed by atoms with Crippen molar-refractivity contribution in [1.29, 1.82) is 0 Å². The van der Waals surface area contributed by atoms with Gasteiger partial charge in [0.1, 0.15) is 5.75 Å². The first-order chi connectivity index (χ1) is 8.61. The Morgan fingerprint density at radius 3 is 2.50 bits per heavy atom. The molecule has 1 heterocycles. The number of hydrogen-bond donors (Lipinski definition) is 0. The third kappa shape index (κ3) is 1.69. The van der Waals surface area contributed by atoms with E-state index in [1.165, 1.54) is 5.41 Å². The van der Waals surface area contributed by atoms with E-state index in [2.05, 4.69) is 0 Å². The van der Waals surface area contributed by atoms with Gasteiger partial charge in [0.05, 0.1) is 12.9 Å². The van der Waals surface area contributed by atoms with Gasteiger partial charge in [0.25, 0.3) is 0 Å². The second-order valence-electron chi connectivity index (χ2n) is 4.31. The fourth-order valence-electron chi connectivity index (χ4n) is 2.29. The van der Waals surface area contributed by atoms with Gasteiger partial charge in [0.15, 0.2) is 9.84 Å². The van der Waals surface area contributed by atoms with Crippen LogP contribution in [0.1, 0.15) is 5.56 Å². The van der Waals surface area contributed by atoms with Crippen LogP contribution in [0.15, 0.2) is 41.8 Å². The number of ether oxygens (including phenoxy) is 1. The van der Waals surface area contributed by atoms with Crippen molar-refractivity contribution in [1.82, 2.24) is 0 Å². The van der Waals surface area contributed by atoms with Crippen molar-refractivity contribution in [3.8, 4) is 5.75 Å². The van der Waals surface area contributed by atoms with Gasteiger partial charge in [-0.25, -0.2) is 8.42 Å².